The topological polar surface area (TPSA) is 131 Å². The van der Waals surface area contributed by atoms with E-state index in [1.54, 1.807) is 35.2 Å². The molecule has 0 unspecified atom stereocenters. The molecule has 1 aliphatic heterocycles. The molecule has 0 spiro atoms. The molecule has 0 aliphatic carbocycles. The zero-order chi connectivity index (χ0) is 24.6. The molecule has 1 saturated heterocycles. The smallest absolute Gasteiger partial charge is 0.309 e. The van der Waals surface area contributed by atoms with Crippen LogP contribution >= 0.6 is 0 Å². The Morgan fingerprint density at radius 1 is 1.11 bits per heavy atom. The first-order valence-corrected chi connectivity index (χ1v) is 11.0. The van der Waals surface area contributed by atoms with Crippen molar-refractivity contribution < 1.29 is 32.6 Å². The first-order chi connectivity index (χ1) is 17.1. The average Bonchev–Trinajstić information content (AvgIpc) is 3.58. The number of benzene rings is 1. The molecule has 0 bridgehead atoms. The van der Waals surface area contributed by atoms with Gasteiger partial charge in [0.25, 0.3) is 11.8 Å². The lowest BCUT2D eigenvalue weighted by atomic mass is 10.3. The van der Waals surface area contributed by atoms with E-state index in [1.165, 1.54) is 13.4 Å². The molecule has 1 amide bonds. The molecule has 11 nitrogen and oxygen atoms in total. The molecule has 3 aromatic rings. The van der Waals surface area contributed by atoms with E-state index in [9.17, 15) is 14.9 Å². The molecule has 0 atom stereocenters. The summed E-state index contributed by atoms with van der Waals surface area (Å²) in [4.78, 5) is 32.1. The van der Waals surface area contributed by atoms with E-state index in [1.807, 2.05) is 17.0 Å². The van der Waals surface area contributed by atoms with Gasteiger partial charge in [0.05, 0.1) is 26.4 Å². The quantitative estimate of drug-likeness (QED) is 0.421. The summed E-state index contributed by atoms with van der Waals surface area (Å²) in [7, 11) is 1.54. The van der Waals surface area contributed by atoms with Crippen molar-refractivity contribution in [2.24, 2.45) is 0 Å². The molecular weight excluding hydrogens is 456 g/mol. The summed E-state index contributed by atoms with van der Waals surface area (Å²) in [6, 6.07) is 12.5. The number of rotatable bonds is 9. The van der Waals surface area contributed by atoms with Crippen molar-refractivity contribution in [3.63, 3.8) is 0 Å². The van der Waals surface area contributed by atoms with Crippen LogP contribution in [0.1, 0.15) is 12.1 Å². The summed E-state index contributed by atoms with van der Waals surface area (Å²) in [6.45, 7) is 1.40. The number of carbonyl (C=O) groups is 2. The SMILES string of the molecule is COc1ccccc1OCCC(=O)OCC(=O)N1CCN(c2oc(-c3ccco3)nc2C#N)CC1. The fourth-order valence-corrected chi connectivity index (χ4v) is 3.55. The molecule has 2 aromatic heterocycles. The lowest BCUT2D eigenvalue weighted by molar-refractivity contribution is -0.152. The number of nitriles is 1. The van der Waals surface area contributed by atoms with Gasteiger partial charge in [-0.3, -0.25) is 9.59 Å². The Balaban J connectivity index is 1.21. The number of hydrogen-bond donors (Lipinski definition) is 0. The summed E-state index contributed by atoms with van der Waals surface area (Å²) in [5.74, 6) is 1.26. The highest BCUT2D eigenvalue weighted by molar-refractivity contribution is 5.81. The third kappa shape index (κ3) is 5.73. The fourth-order valence-electron chi connectivity index (χ4n) is 3.55. The largest absolute Gasteiger partial charge is 0.493 e. The summed E-state index contributed by atoms with van der Waals surface area (Å²) in [6.07, 6.45) is 1.50. The van der Waals surface area contributed by atoms with Gasteiger partial charge in [-0.2, -0.15) is 10.2 Å². The number of aromatic nitrogens is 1. The van der Waals surface area contributed by atoms with Gasteiger partial charge < -0.3 is 32.8 Å². The Kier molecular flexibility index (Phi) is 7.52. The van der Waals surface area contributed by atoms with Crippen LogP contribution in [0.15, 0.2) is 51.5 Å². The van der Waals surface area contributed by atoms with Crippen molar-refractivity contribution in [3.05, 3.63) is 48.4 Å². The number of methoxy groups -OCH3 is 1. The Morgan fingerprint density at radius 2 is 1.89 bits per heavy atom. The van der Waals surface area contributed by atoms with Gasteiger partial charge in [-0.05, 0) is 24.3 Å². The molecule has 35 heavy (non-hydrogen) atoms. The van der Waals surface area contributed by atoms with Crippen molar-refractivity contribution in [2.75, 3.05) is 51.4 Å². The lowest BCUT2D eigenvalue weighted by Gasteiger charge is -2.34. The number of carbonyl (C=O) groups excluding carboxylic acids is 2. The average molecular weight is 480 g/mol. The van der Waals surface area contributed by atoms with E-state index < -0.39 is 5.97 Å². The second-order valence-corrected chi connectivity index (χ2v) is 7.54. The fraction of sp³-hybridized carbons (Fsp3) is 0.333. The van der Waals surface area contributed by atoms with Gasteiger partial charge in [0.15, 0.2) is 23.9 Å². The predicted molar refractivity (Wildman–Crippen MR) is 122 cm³/mol. The van der Waals surface area contributed by atoms with Gasteiger partial charge in [0, 0.05) is 26.2 Å². The monoisotopic (exact) mass is 480 g/mol. The molecule has 11 heteroatoms. The number of amides is 1. The van der Waals surface area contributed by atoms with Crippen LogP contribution in [0.25, 0.3) is 11.7 Å². The highest BCUT2D eigenvalue weighted by Gasteiger charge is 2.27. The van der Waals surface area contributed by atoms with Gasteiger partial charge in [-0.25, -0.2) is 0 Å². The Labute approximate surface area is 201 Å². The molecule has 1 fully saturated rings. The third-order valence-corrected chi connectivity index (χ3v) is 5.36. The minimum absolute atomic E-state index is 0.000458. The number of oxazole rings is 1. The Bertz CT molecular complexity index is 1190. The maximum atomic E-state index is 12.5. The van der Waals surface area contributed by atoms with E-state index >= 15 is 0 Å². The summed E-state index contributed by atoms with van der Waals surface area (Å²) >= 11 is 0. The number of para-hydroxylation sites is 2. The van der Waals surface area contributed by atoms with Crippen LogP contribution in [0.3, 0.4) is 0 Å². The van der Waals surface area contributed by atoms with Crippen LogP contribution in [0.2, 0.25) is 0 Å². The highest BCUT2D eigenvalue weighted by Crippen LogP contribution is 2.29. The zero-order valence-electron chi connectivity index (χ0n) is 19.1. The highest BCUT2D eigenvalue weighted by atomic mass is 16.5. The van der Waals surface area contributed by atoms with Crippen LogP contribution in [-0.4, -0.2) is 68.3 Å². The maximum Gasteiger partial charge on any atom is 0.309 e. The first kappa shape index (κ1) is 23.7. The number of nitrogens with zero attached hydrogens (tertiary/aromatic N) is 4. The third-order valence-electron chi connectivity index (χ3n) is 5.36. The van der Waals surface area contributed by atoms with Crippen molar-refractivity contribution in [3.8, 4) is 29.2 Å². The van der Waals surface area contributed by atoms with Gasteiger partial charge in [0.1, 0.15) is 6.07 Å². The number of esters is 1. The Hall–Kier alpha value is -4.46. The van der Waals surface area contributed by atoms with Crippen molar-refractivity contribution >= 4 is 17.8 Å². The van der Waals surface area contributed by atoms with Crippen molar-refractivity contribution in [1.29, 1.82) is 5.26 Å². The van der Waals surface area contributed by atoms with Crippen LogP contribution < -0.4 is 14.4 Å². The second kappa shape index (κ2) is 11.1. The molecular formula is C24H24N4O7. The predicted octanol–water partition coefficient (Wildman–Crippen LogP) is 2.48. The lowest BCUT2D eigenvalue weighted by Crippen LogP contribution is -2.50. The minimum Gasteiger partial charge on any atom is -0.493 e. The molecule has 182 valence electrons. The van der Waals surface area contributed by atoms with Gasteiger partial charge in [-0.15, -0.1) is 0 Å². The standard InChI is InChI=1S/C24H24N4O7/c1-31-18-5-2-3-6-19(18)33-14-8-22(30)34-16-21(29)27-9-11-28(12-10-27)24-17(15-25)26-23(35-24)20-7-4-13-32-20/h2-7,13H,8-12,14,16H2,1H3. The first-order valence-electron chi connectivity index (χ1n) is 11.0. The van der Waals surface area contributed by atoms with Crippen LogP contribution in [0.4, 0.5) is 5.88 Å². The normalized spacial score (nSPS) is 13.3. The van der Waals surface area contributed by atoms with Gasteiger partial charge >= 0.3 is 5.97 Å². The van der Waals surface area contributed by atoms with Crippen molar-refractivity contribution in [2.45, 2.75) is 6.42 Å². The molecule has 3 heterocycles. The minimum atomic E-state index is -0.530. The van der Waals surface area contributed by atoms with Crippen LogP contribution in [0.5, 0.6) is 11.5 Å². The number of ether oxygens (including phenoxy) is 3. The molecule has 1 aliphatic rings. The molecule has 1 aromatic carbocycles. The van der Waals surface area contributed by atoms with E-state index in [0.29, 0.717) is 49.3 Å². The number of anilines is 1. The molecule has 4 rings (SSSR count). The van der Waals surface area contributed by atoms with E-state index in [0.717, 1.165) is 0 Å². The molecule has 0 N–H and O–H groups in total. The summed E-state index contributed by atoms with van der Waals surface area (Å²) < 4.78 is 26.9. The van der Waals surface area contributed by atoms with E-state index in [4.69, 9.17) is 23.0 Å². The van der Waals surface area contributed by atoms with Crippen LogP contribution in [-0.2, 0) is 14.3 Å². The number of furan rings is 1. The number of piperazine rings is 1. The second-order valence-electron chi connectivity index (χ2n) is 7.54. The maximum absolute atomic E-state index is 12.5. The van der Waals surface area contributed by atoms with E-state index in [2.05, 4.69) is 4.98 Å². The van der Waals surface area contributed by atoms with Crippen molar-refractivity contribution in [1.82, 2.24) is 9.88 Å². The zero-order valence-corrected chi connectivity index (χ0v) is 19.1. The molecule has 0 saturated carbocycles. The molecule has 0 radical (unpaired) electrons. The van der Waals surface area contributed by atoms with Crippen LogP contribution in [0, 0.1) is 11.3 Å². The summed E-state index contributed by atoms with van der Waals surface area (Å²) in [5, 5.41) is 9.42. The van der Waals surface area contributed by atoms with Gasteiger partial charge in [-0.1, -0.05) is 12.1 Å². The summed E-state index contributed by atoms with van der Waals surface area (Å²) in [5.41, 5.74) is 0.153. The number of hydrogen-bond acceptors (Lipinski definition) is 10. The Morgan fingerprint density at radius 3 is 2.57 bits per heavy atom. The van der Waals surface area contributed by atoms with Gasteiger partial charge in [0.2, 0.25) is 11.6 Å². The van der Waals surface area contributed by atoms with E-state index in [-0.39, 0.29) is 37.1 Å².